The number of fused-ring (bicyclic) bond motifs is 1. The zero-order valence-corrected chi connectivity index (χ0v) is 12.3. The molecule has 1 aliphatic heterocycles. The van der Waals surface area contributed by atoms with Gasteiger partial charge < -0.3 is 21.1 Å². The van der Waals surface area contributed by atoms with Gasteiger partial charge in [-0.25, -0.2) is 0 Å². The number of primary amides is 1. The third-order valence-electron chi connectivity index (χ3n) is 3.40. The van der Waals surface area contributed by atoms with Crippen molar-refractivity contribution in [1.82, 2.24) is 0 Å². The molecule has 2 amide bonds. The predicted octanol–water partition coefficient (Wildman–Crippen LogP) is 0.639. The van der Waals surface area contributed by atoms with E-state index in [0.717, 1.165) is 0 Å². The molecule has 2 atom stereocenters. The summed E-state index contributed by atoms with van der Waals surface area (Å²) in [6.45, 7) is 4.11. The van der Waals surface area contributed by atoms with Crippen molar-refractivity contribution in [3.05, 3.63) is 24.3 Å². The van der Waals surface area contributed by atoms with Gasteiger partial charge in [0.05, 0.1) is 18.3 Å². The molecule has 0 bridgehead atoms. The average Bonchev–Trinajstić information content (AvgIpc) is 2.44. The van der Waals surface area contributed by atoms with Crippen LogP contribution in [0, 0.1) is 5.92 Å². The molecule has 0 saturated heterocycles. The van der Waals surface area contributed by atoms with Crippen molar-refractivity contribution in [2.24, 2.45) is 17.4 Å². The monoisotopic (exact) mass is 291 g/mol. The van der Waals surface area contributed by atoms with Gasteiger partial charge in [-0.1, -0.05) is 26.0 Å². The van der Waals surface area contributed by atoms with Crippen molar-refractivity contribution < 1.29 is 14.3 Å². The second kappa shape index (κ2) is 6.13. The first-order valence-electron chi connectivity index (χ1n) is 7.02. The van der Waals surface area contributed by atoms with E-state index in [1.165, 1.54) is 4.90 Å². The zero-order chi connectivity index (χ0) is 15.6. The summed E-state index contributed by atoms with van der Waals surface area (Å²) >= 11 is 0. The number of benzene rings is 1. The van der Waals surface area contributed by atoms with E-state index in [0.29, 0.717) is 23.8 Å². The fourth-order valence-corrected chi connectivity index (χ4v) is 2.40. The second-order valence-corrected chi connectivity index (χ2v) is 5.66. The summed E-state index contributed by atoms with van der Waals surface area (Å²) in [6.07, 6.45) is -0.269. The van der Waals surface area contributed by atoms with Crippen molar-refractivity contribution in [1.29, 1.82) is 0 Å². The van der Waals surface area contributed by atoms with Gasteiger partial charge in [-0.15, -0.1) is 0 Å². The molecule has 1 aliphatic rings. The van der Waals surface area contributed by atoms with Crippen LogP contribution in [-0.4, -0.2) is 30.5 Å². The Bertz CT molecular complexity index is 545. The van der Waals surface area contributed by atoms with Gasteiger partial charge in [0.1, 0.15) is 5.75 Å². The number of amides is 2. The summed E-state index contributed by atoms with van der Waals surface area (Å²) in [4.78, 5) is 25.5. The number of anilines is 1. The Kier molecular flexibility index (Phi) is 4.47. The first-order valence-corrected chi connectivity index (χ1v) is 7.02. The molecule has 4 N–H and O–H groups in total. The molecule has 0 aromatic heterocycles. The lowest BCUT2D eigenvalue weighted by Gasteiger charge is -2.35. The molecule has 0 spiro atoms. The number of ether oxygens (including phenoxy) is 1. The maximum atomic E-state index is 12.6. The first-order chi connectivity index (χ1) is 9.90. The lowest BCUT2D eigenvalue weighted by atomic mass is 10.0. The highest BCUT2D eigenvalue weighted by atomic mass is 16.5. The van der Waals surface area contributed by atoms with Crippen molar-refractivity contribution >= 4 is 17.5 Å². The standard InChI is InChI=1S/C15H21N3O3/c1-9(2)7-10(16)15(20)18-8-13(14(17)19)21-12-6-4-3-5-11(12)18/h3-6,9-10,13H,7-8,16H2,1-2H3,(H2,17,19)/t10-,13?/m1/s1. The molecule has 0 fully saturated rings. The Hall–Kier alpha value is -2.08. The molecule has 0 aliphatic carbocycles. The normalized spacial score (nSPS) is 18.9. The molecule has 6 nitrogen and oxygen atoms in total. The fraction of sp³-hybridized carbons (Fsp3) is 0.467. The first kappa shape index (κ1) is 15.3. The van der Waals surface area contributed by atoms with Crippen LogP contribution in [-0.2, 0) is 9.59 Å². The Labute approximate surface area is 124 Å². The average molecular weight is 291 g/mol. The van der Waals surface area contributed by atoms with Gasteiger partial charge in [0.25, 0.3) is 5.91 Å². The summed E-state index contributed by atoms with van der Waals surface area (Å²) < 4.78 is 5.53. The number of rotatable bonds is 4. The zero-order valence-electron chi connectivity index (χ0n) is 12.3. The predicted molar refractivity (Wildman–Crippen MR) is 79.8 cm³/mol. The van der Waals surface area contributed by atoms with Crippen molar-refractivity contribution in [3.63, 3.8) is 0 Å². The number of nitrogens with two attached hydrogens (primary N) is 2. The third kappa shape index (κ3) is 3.33. The summed E-state index contributed by atoms with van der Waals surface area (Å²) in [6, 6.07) is 6.45. The molecule has 1 unspecified atom stereocenters. The Morgan fingerprint density at radius 1 is 1.38 bits per heavy atom. The van der Waals surface area contributed by atoms with Crippen LogP contribution in [0.25, 0.3) is 0 Å². The Balaban J connectivity index is 2.28. The van der Waals surface area contributed by atoms with E-state index in [9.17, 15) is 9.59 Å². The molecule has 2 rings (SSSR count). The van der Waals surface area contributed by atoms with Gasteiger partial charge in [-0.05, 0) is 24.5 Å². The van der Waals surface area contributed by atoms with Crippen LogP contribution in [0.2, 0.25) is 0 Å². The molecule has 21 heavy (non-hydrogen) atoms. The van der Waals surface area contributed by atoms with Crippen LogP contribution < -0.4 is 21.1 Å². The maximum Gasteiger partial charge on any atom is 0.260 e. The molecule has 1 heterocycles. The van der Waals surface area contributed by atoms with E-state index in [1.54, 1.807) is 24.3 Å². The molecule has 1 aromatic rings. The van der Waals surface area contributed by atoms with Gasteiger partial charge in [0.15, 0.2) is 6.10 Å². The van der Waals surface area contributed by atoms with Crippen LogP contribution >= 0.6 is 0 Å². The highest BCUT2D eigenvalue weighted by Crippen LogP contribution is 2.33. The number of carbonyl (C=O) groups is 2. The van der Waals surface area contributed by atoms with Crippen LogP contribution in [0.1, 0.15) is 20.3 Å². The van der Waals surface area contributed by atoms with Gasteiger partial charge in [-0.2, -0.15) is 0 Å². The van der Waals surface area contributed by atoms with Gasteiger partial charge in [-0.3, -0.25) is 9.59 Å². The number of carbonyl (C=O) groups excluding carboxylic acids is 2. The molecule has 0 radical (unpaired) electrons. The second-order valence-electron chi connectivity index (χ2n) is 5.66. The molecule has 1 aromatic carbocycles. The van der Waals surface area contributed by atoms with Gasteiger partial charge in [0.2, 0.25) is 5.91 Å². The number of nitrogens with zero attached hydrogens (tertiary/aromatic N) is 1. The number of para-hydroxylation sites is 2. The summed E-state index contributed by atoms with van der Waals surface area (Å²) in [5.74, 6) is -0.0322. The Morgan fingerprint density at radius 3 is 2.67 bits per heavy atom. The van der Waals surface area contributed by atoms with Crippen LogP contribution in [0.3, 0.4) is 0 Å². The maximum absolute atomic E-state index is 12.6. The molecular weight excluding hydrogens is 270 g/mol. The minimum absolute atomic E-state index is 0.0942. The topological polar surface area (TPSA) is 98.7 Å². The van der Waals surface area contributed by atoms with E-state index in [1.807, 2.05) is 13.8 Å². The smallest absolute Gasteiger partial charge is 0.260 e. The molecule has 114 valence electrons. The number of hydrogen-bond acceptors (Lipinski definition) is 4. The number of hydrogen-bond donors (Lipinski definition) is 2. The quantitative estimate of drug-likeness (QED) is 0.850. The highest BCUT2D eigenvalue weighted by molar-refractivity contribution is 6.00. The molecule has 0 saturated carbocycles. The van der Waals surface area contributed by atoms with Crippen molar-refractivity contribution in [2.45, 2.75) is 32.4 Å². The van der Waals surface area contributed by atoms with Crippen molar-refractivity contribution in [2.75, 3.05) is 11.4 Å². The third-order valence-corrected chi connectivity index (χ3v) is 3.40. The minimum Gasteiger partial charge on any atom is -0.477 e. The Morgan fingerprint density at radius 2 is 2.05 bits per heavy atom. The van der Waals surface area contributed by atoms with E-state index >= 15 is 0 Å². The molecule has 6 heteroatoms. The van der Waals surface area contributed by atoms with E-state index < -0.39 is 18.1 Å². The van der Waals surface area contributed by atoms with E-state index in [2.05, 4.69) is 0 Å². The SMILES string of the molecule is CC(C)C[C@@H](N)C(=O)N1CC(C(N)=O)Oc2ccccc21. The van der Waals surface area contributed by atoms with Gasteiger partial charge in [0, 0.05) is 0 Å². The highest BCUT2D eigenvalue weighted by Gasteiger charge is 2.34. The van der Waals surface area contributed by atoms with Crippen LogP contribution in [0.4, 0.5) is 5.69 Å². The molecular formula is C15H21N3O3. The fourth-order valence-electron chi connectivity index (χ4n) is 2.40. The largest absolute Gasteiger partial charge is 0.477 e. The summed E-state index contributed by atoms with van der Waals surface area (Å²) in [5, 5.41) is 0. The van der Waals surface area contributed by atoms with Crippen LogP contribution in [0.15, 0.2) is 24.3 Å². The van der Waals surface area contributed by atoms with Crippen LogP contribution in [0.5, 0.6) is 5.75 Å². The summed E-state index contributed by atoms with van der Waals surface area (Å²) in [7, 11) is 0. The lowest BCUT2D eigenvalue weighted by molar-refractivity contribution is -0.125. The summed E-state index contributed by atoms with van der Waals surface area (Å²) in [5.41, 5.74) is 11.9. The van der Waals surface area contributed by atoms with Crippen molar-refractivity contribution in [3.8, 4) is 5.75 Å². The lowest BCUT2D eigenvalue weighted by Crippen LogP contribution is -2.53. The van der Waals surface area contributed by atoms with E-state index in [-0.39, 0.29) is 12.5 Å². The van der Waals surface area contributed by atoms with E-state index in [4.69, 9.17) is 16.2 Å². The minimum atomic E-state index is -0.852. The van der Waals surface area contributed by atoms with Gasteiger partial charge >= 0.3 is 0 Å².